The van der Waals surface area contributed by atoms with Crippen molar-refractivity contribution < 1.29 is 8.42 Å². The van der Waals surface area contributed by atoms with Gasteiger partial charge in [0, 0.05) is 5.69 Å². The first-order valence-corrected chi connectivity index (χ1v) is 10.8. The predicted octanol–water partition coefficient (Wildman–Crippen LogP) is 5.06. The molecule has 0 saturated carbocycles. The number of aryl methyl sites for hydroxylation is 3. The molecule has 5 nitrogen and oxygen atoms in total. The molecule has 0 amide bonds. The van der Waals surface area contributed by atoms with Crippen molar-refractivity contribution in [1.29, 1.82) is 0 Å². The first-order valence-electron chi connectivity index (χ1n) is 9.36. The number of para-hydroxylation sites is 1. The maximum Gasteiger partial charge on any atom is 0.261 e. The Morgan fingerprint density at radius 2 is 1.68 bits per heavy atom. The highest BCUT2D eigenvalue weighted by atomic mass is 32.2. The number of nitrogens with zero attached hydrogens (tertiary/aromatic N) is 1. The Labute approximate surface area is 166 Å². The van der Waals surface area contributed by atoms with Crippen LogP contribution in [-0.4, -0.2) is 13.4 Å². The van der Waals surface area contributed by atoms with E-state index in [-0.39, 0.29) is 4.90 Å². The van der Waals surface area contributed by atoms with Gasteiger partial charge in [0.25, 0.3) is 10.0 Å². The lowest BCUT2D eigenvalue weighted by atomic mass is 10.1. The number of benzene rings is 2. The number of anilines is 3. The normalized spacial score (nSPS) is 11.2. The summed E-state index contributed by atoms with van der Waals surface area (Å²) in [5, 5.41) is 3.34. The van der Waals surface area contributed by atoms with Gasteiger partial charge in [-0.05, 0) is 60.7 Å². The molecule has 1 aromatic heterocycles. The van der Waals surface area contributed by atoms with Crippen LogP contribution in [0.15, 0.2) is 65.7 Å². The summed E-state index contributed by atoms with van der Waals surface area (Å²) in [6.07, 6.45) is 3.30. The first-order chi connectivity index (χ1) is 13.4. The lowest BCUT2D eigenvalue weighted by Crippen LogP contribution is -2.13. The van der Waals surface area contributed by atoms with Crippen LogP contribution in [0, 0.1) is 6.92 Å². The Morgan fingerprint density at radius 3 is 2.29 bits per heavy atom. The molecule has 146 valence electrons. The number of aromatic nitrogens is 1. The summed E-state index contributed by atoms with van der Waals surface area (Å²) < 4.78 is 27.7. The molecular formula is C22H25N3O2S. The summed E-state index contributed by atoms with van der Waals surface area (Å²) >= 11 is 0. The Morgan fingerprint density at radius 1 is 0.929 bits per heavy atom. The summed E-state index contributed by atoms with van der Waals surface area (Å²) in [6, 6.07) is 16.5. The zero-order valence-corrected chi connectivity index (χ0v) is 17.2. The van der Waals surface area contributed by atoms with Crippen LogP contribution in [0.4, 0.5) is 17.2 Å². The van der Waals surface area contributed by atoms with E-state index in [2.05, 4.69) is 28.0 Å². The van der Waals surface area contributed by atoms with Gasteiger partial charge in [0.05, 0.1) is 16.8 Å². The van der Waals surface area contributed by atoms with Gasteiger partial charge >= 0.3 is 0 Å². The standard InChI is InChI=1S/C22H25N3O2S/c1-4-17-9-12-20(13-10-17)28(26,27)25-19-11-14-21(23-15-19)24-22-16(3)7-6-8-18(22)5-2/h6-15,25H,4-5H2,1-3H3,(H,23,24). The minimum atomic E-state index is -3.64. The molecule has 3 rings (SSSR count). The Kier molecular flexibility index (Phi) is 5.99. The fourth-order valence-electron chi connectivity index (χ4n) is 2.98. The number of hydrogen-bond donors (Lipinski definition) is 2. The average Bonchev–Trinajstić information content (AvgIpc) is 2.70. The van der Waals surface area contributed by atoms with Crippen LogP contribution < -0.4 is 10.0 Å². The Balaban J connectivity index is 1.76. The molecule has 1 heterocycles. The second-order valence-electron chi connectivity index (χ2n) is 6.62. The van der Waals surface area contributed by atoms with E-state index in [1.807, 2.05) is 38.1 Å². The van der Waals surface area contributed by atoms with Crippen LogP contribution >= 0.6 is 0 Å². The molecule has 2 N–H and O–H groups in total. The predicted molar refractivity (Wildman–Crippen MR) is 115 cm³/mol. The maximum atomic E-state index is 12.6. The minimum Gasteiger partial charge on any atom is -0.340 e. The van der Waals surface area contributed by atoms with E-state index in [4.69, 9.17) is 0 Å². The van der Waals surface area contributed by atoms with Crippen molar-refractivity contribution in [2.75, 3.05) is 10.0 Å². The van der Waals surface area contributed by atoms with E-state index in [9.17, 15) is 8.42 Å². The summed E-state index contributed by atoms with van der Waals surface area (Å²) in [7, 11) is -3.64. The van der Waals surface area contributed by atoms with Gasteiger partial charge in [-0.15, -0.1) is 0 Å². The summed E-state index contributed by atoms with van der Waals surface area (Å²) in [5.74, 6) is 0.666. The summed E-state index contributed by atoms with van der Waals surface area (Å²) in [4.78, 5) is 4.59. The minimum absolute atomic E-state index is 0.236. The average molecular weight is 396 g/mol. The third kappa shape index (κ3) is 4.51. The smallest absolute Gasteiger partial charge is 0.261 e. The first kappa shape index (κ1) is 19.9. The molecule has 0 fully saturated rings. The van der Waals surface area contributed by atoms with Crippen molar-refractivity contribution in [1.82, 2.24) is 4.98 Å². The molecule has 0 aliphatic carbocycles. The van der Waals surface area contributed by atoms with E-state index in [1.54, 1.807) is 24.3 Å². The fraction of sp³-hybridized carbons (Fsp3) is 0.227. The number of rotatable bonds is 7. The van der Waals surface area contributed by atoms with Gasteiger partial charge in [-0.3, -0.25) is 4.72 Å². The molecule has 0 unspecified atom stereocenters. The van der Waals surface area contributed by atoms with Crippen molar-refractivity contribution in [3.8, 4) is 0 Å². The SMILES string of the molecule is CCc1ccc(S(=O)(=O)Nc2ccc(Nc3c(C)cccc3CC)nc2)cc1. The monoisotopic (exact) mass is 395 g/mol. The Bertz CT molecular complexity index is 1040. The summed E-state index contributed by atoms with van der Waals surface area (Å²) in [6.45, 7) is 6.19. The number of nitrogens with one attached hydrogen (secondary N) is 2. The fourth-order valence-corrected chi connectivity index (χ4v) is 4.02. The van der Waals surface area contributed by atoms with Crippen LogP contribution in [0.5, 0.6) is 0 Å². The highest BCUT2D eigenvalue weighted by Crippen LogP contribution is 2.25. The topological polar surface area (TPSA) is 71.1 Å². The highest BCUT2D eigenvalue weighted by Gasteiger charge is 2.14. The lowest BCUT2D eigenvalue weighted by Gasteiger charge is -2.14. The maximum absolute atomic E-state index is 12.6. The molecule has 3 aromatic rings. The van der Waals surface area contributed by atoms with E-state index >= 15 is 0 Å². The van der Waals surface area contributed by atoms with Crippen LogP contribution in [-0.2, 0) is 22.9 Å². The molecule has 0 radical (unpaired) electrons. The molecule has 0 aliphatic rings. The highest BCUT2D eigenvalue weighted by molar-refractivity contribution is 7.92. The van der Waals surface area contributed by atoms with Gasteiger partial charge in [0.15, 0.2) is 0 Å². The van der Waals surface area contributed by atoms with Crippen molar-refractivity contribution in [2.45, 2.75) is 38.5 Å². The van der Waals surface area contributed by atoms with Gasteiger partial charge in [-0.2, -0.15) is 0 Å². The van der Waals surface area contributed by atoms with Gasteiger partial charge < -0.3 is 5.32 Å². The molecule has 0 atom stereocenters. The number of sulfonamides is 1. The van der Waals surface area contributed by atoms with Crippen molar-refractivity contribution in [3.63, 3.8) is 0 Å². The van der Waals surface area contributed by atoms with Crippen molar-refractivity contribution >= 4 is 27.2 Å². The van der Waals surface area contributed by atoms with Gasteiger partial charge in [-0.25, -0.2) is 13.4 Å². The molecule has 0 aliphatic heterocycles. The van der Waals surface area contributed by atoms with Crippen molar-refractivity contribution in [2.24, 2.45) is 0 Å². The molecule has 0 bridgehead atoms. The van der Waals surface area contributed by atoms with E-state index in [0.717, 1.165) is 29.7 Å². The van der Waals surface area contributed by atoms with E-state index < -0.39 is 10.0 Å². The van der Waals surface area contributed by atoms with E-state index in [0.29, 0.717) is 11.5 Å². The second-order valence-corrected chi connectivity index (χ2v) is 8.31. The van der Waals surface area contributed by atoms with Gasteiger partial charge in [-0.1, -0.05) is 44.2 Å². The zero-order valence-electron chi connectivity index (χ0n) is 16.4. The van der Waals surface area contributed by atoms with E-state index in [1.165, 1.54) is 11.8 Å². The number of pyridine rings is 1. The second kappa shape index (κ2) is 8.44. The van der Waals surface area contributed by atoms with Crippen LogP contribution in [0.3, 0.4) is 0 Å². The molecule has 6 heteroatoms. The van der Waals surface area contributed by atoms with Gasteiger partial charge in [0.1, 0.15) is 5.82 Å². The molecule has 2 aromatic carbocycles. The third-order valence-electron chi connectivity index (χ3n) is 4.65. The van der Waals surface area contributed by atoms with Gasteiger partial charge in [0.2, 0.25) is 0 Å². The quantitative estimate of drug-likeness (QED) is 0.587. The summed E-state index contributed by atoms with van der Waals surface area (Å²) in [5.41, 5.74) is 4.91. The number of hydrogen-bond acceptors (Lipinski definition) is 4. The Hall–Kier alpha value is -2.86. The molecule has 0 saturated heterocycles. The van der Waals surface area contributed by atoms with Crippen LogP contribution in [0.1, 0.15) is 30.5 Å². The third-order valence-corrected chi connectivity index (χ3v) is 6.05. The molecular weight excluding hydrogens is 370 g/mol. The largest absolute Gasteiger partial charge is 0.340 e. The van der Waals surface area contributed by atoms with Crippen molar-refractivity contribution in [3.05, 3.63) is 77.5 Å². The lowest BCUT2D eigenvalue weighted by molar-refractivity contribution is 0.601. The molecule has 0 spiro atoms. The molecule has 28 heavy (non-hydrogen) atoms. The van der Waals surface area contributed by atoms with Crippen LogP contribution in [0.2, 0.25) is 0 Å². The zero-order chi connectivity index (χ0) is 20.1. The van der Waals surface area contributed by atoms with Crippen LogP contribution in [0.25, 0.3) is 0 Å².